The first-order valence-corrected chi connectivity index (χ1v) is 13.3. The van der Waals surface area contributed by atoms with Gasteiger partial charge in [0.2, 0.25) is 0 Å². The van der Waals surface area contributed by atoms with E-state index in [0.717, 1.165) is 46.6 Å². The molecule has 3 aromatic rings. The number of benzene rings is 2. The summed E-state index contributed by atoms with van der Waals surface area (Å²) in [7, 11) is 4.15. The van der Waals surface area contributed by atoms with Crippen molar-refractivity contribution in [3.63, 3.8) is 0 Å². The lowest BCUT2D eigenvalue weighted by atomic mass is 9.96. The number of likely N-dealkylation sites (N-methyl/N-ethyl adjacent to an activating group) is 1. The number of aryl methyl sites for hydroxylation is 1. The number of para-hydroxylation sites is 1. The molecule has 0 spiro atoms. The summed E-state index contributed by atoms with van der Waals surface area (Å²) in [6.07, 6.45) is 2.61. The van der Waals surface area contributed by atoms with Crippen molar-refractivity contribution in [2.24, 2.45) is 18.9 Å². The zero-order chi connectivity index (χ0) is 25.4. The van der Waals surface area contributed by atoms with Gasteiger partial charge in [-0.3, -0.25) is 4.79 Å². The molecule has 2 aliphatic rings. The maximum Gasteiger partial charge on any atom is 0.271 e. The van der Waals surface area contributed by atoms with Crippen LogP contribution in [0, 0.1) is 11.8 Å². The summed E-state index contributed by atoms with van der Waals surface area (Å²) in [5.74, 6) is 0.871. The van der Waals surface area contributed by atoms with Crippen molar-refractivity contribution >= 4 is 16.8 Å². The second-order valence-corrected chi connectivity index (χ2v) is 10.9. The summed E-state index contributed by atoms with van der Waals surface area (Å²) < 4.78 is 8.69. The monoisotopic (exact) mass is 489 g/mol. The highest BCUT2D eigenvalue weighted by Gasteiger charge is 2.34. The predicted octanol–water partition coefficient (Wildman–Crippen LogP) is 4.55. The average molecular weight is 490 g/mol. The van der Waals surface area contributed by atoms with Crippen LogP contribution in [0.1, 0.15) is 42.7 Å². The van der Waals surface area contributed by atoms with Gasteiger partial charge in [0.15, 0.2) is 0 Å². The summed E-state index contributed by atoms with van der Waals surface area (Å²) >= 11 is 0. The second-order valence-electron chi connectivity index (χ2n) is 10.9. The van der Waals surface area contributed by atoms with Crippen molar-refractivity contribution in [2.75, 3.05) is 33.3 Å². The van der Waals surface area contributed by atoms with Crippen LogP contribution in [0.3, 0.4) is 0 Å². The maximum absolute atomic E-state index is 14.3. The van der Waals surface area contributed by atoms with Crippen LogP contribution in [-0.4, -0.2) is 70.8 Å². The molecule has 3 atom stereocenters. The van der Waals surface area contributed by atoms with Crippen LogP contribution in [0.5, 0.6) is 0 Å². The number of fused-ring (bicyclic) bond motifs is 5. The van der Waals surface area contributed by atoms with E-state index in [1.807, 2.05) is 47.7 Å². The minimum atomic E-state index is -0.299. The Labute approximate surface area is 214 Å². The first-order chi connectivity index (χ1) is 17.4. The highest BCUT2D eigenvalue weighted by atomic mass is 16.5. The van der Waals surface area contributed by atoms with Crippen LogP contribution in [0.2, 0.25) is 0 Å². The third-order valence-electron chi connectivity index (χ3n) is 7.98. The molecule has 1 aliphatic carbocycles. The Morgan fingerprint density at radius 3 is 2.58 bits per heavy atom. The molecule has 192 valence electrons. The molecule has 1 fully saturated rings. The van der Waals surface area contributed by atoms with Gasteiger partial charge in [0.1, 0.15) is 5.69 Å². The smallest absolute Gasteiger partial charge is 0.271 e. The van der Waals surface area contributed by atoms with E-state index in [9.17, 15) is 9.90 Å². The van der Waals surface area contributed by atoms with E-state index in [2.05, 4.69) is 43.1 Å². The molecule has 5 rings (SSSR count). The Balaban J connectivity index is 1.63. The highest BCUT2D eigenvalue weighted by molar-refractivity contribution is 6.10. The molecule has 0 bridgehead atoms. The van der Waals surface area contributed by atoms with Crippen molar-refractivity contribution in [3.05, 3.63) is 59.8 Å². The Morgan fingerprint density at radius 2 is 1.83 bits per heavy atom. The molecule has 2 heterocycles. The van der Waals surface area contributed by atoms with Crippen LogP contribution in [-0.2, 0) is 18.4 Å². The van der Waals surface area contributed by atoms with Gasteiger partial charge in [-0.05, 0) is 49.9 Å². The third-order valence-corrected chi connectivity index (χ3v) is 7.98. The molecule has 6 nitrogen and oxygen atoms in total. The molecule has 0 saturated heterocycles. The van der Waals surface area contributed by atoms with E-state index in [0.29, 0.717) is 18.8 Å². The SMILES string of the molecule is C[C@H]1CN([C@@H](C)CO)C(=O)c2c(c3ccccc3n2C)-c2ccccc2CO[C@@H]1CN(C)CC1CC1. The molecule has 0 unspecified atom stereocenters. The molecule has 1 aliphatic heterocycles. The van der Waals surface area contributed by atoms with Crippen molar-refractivity contribution in [3.8, 4) is 11.1 Å². The zero-order valence-corrected chi connectivity index (χ0v) is 22.0. The van der Waals surface area contributed by atoms with Crippen LogP contribution < -0.4 is 0 Å². The molecule has 2 aromatic carbocycles. The number of amides is 1. The number of hydrogen-bond acceptors (Lipinski definition) is 4. The fourth-order valence-electron chi connectivity index (χ4n) is 5.65. The first-order valence-electron chi connectivity index (χ1n) is 13.3. The Morgan fingerprint density at radius 1 is 1.11 bits per heavy atom. The van der Waals surface area contributed by atoms with Crippen molar-refractivity contribution < 1.29 is 14.6 Å². The Kier molecular flexibility index (Phi) is 7.20. The van der Waals surface area contributed by atoms with Gasteiger partial charge in [-0.25, -0.2) is 0 Å². The molecule has 36 heavy (non-hydrogen) atoms. The normalized spacial score (nSPS) is 21.8. The Bertz CT molecular complexity index is 1230. The van der Waals surface area contributed by atoms with Crippen molar-refractivity contribution in [1.82, 2.24) is 14.4 Å². The summed E-state index contributed by atoms with van der Waals surface area (Å²) in [6.45, 7) is 6.96. The number of ether oxygens (including phenoxy) is 1. The van der Waals surface area contributed by atoms with Gasteiger partial charge in [0, 0.05) is 49.1 Å². The number of aliphatic hydroxyl groups excluding tert-OH is 1. The van der Waals surface area contributed by atoms with Gasteiger partial charge >= 0.3 is 0 Å². The first kappa shape index (κ1) is 25.0. The summed E-state index contributed by atoms with van der Waals surface area (Å²) in [5, 5.41) is 11.2. The Hall–Kier alpha value is -2.67. The fraction of sp³-hybridized carbons (Fsp3) is 0.500. The van der Waals surface area contributed by atoms with Gasteiger partial charge in [0.05, 0.1) is 25.4 Å². The molecule has 1 aromatic heterocycles. The fourth-order valence-corrected chi connectivity index (χ4v) is 5.65. The zero-order valence-electron chi connectivity index (χ0n) is 22.0. The van der Waals surface area contributed by atoms with Gasteiger partial charge < -0.3 is 24.2 Å². The van der Waals surface area contributed by atoms with E-state index >= 15 is 0 Å². The minimum absolute atomic E-state index is 0.0269. The number of hydrogen-bond donors (Lipinski definition) is 1. The lowest BCUT2D eigenvalue weighted by Gasteiger charge is -2.35. The van der Waals surface area contributed by atoms with E-state index in [1.165, 1.54) is 12.8 Å². The quantitative estimate of drug-likeness (QED) is 0.552. The number of rotatable bonds is 6. The van der Waals surface area contributed by atoms with Gasteiger partial charge in [-0.1, -0.05) is 49.4 Å². The van der Waals surface area contributed by atoms with Gasteiger partial charge in [-0.15, -0.1) is 0 Å². The van der Waals surface area contributed by atoms with Crippen LogP contribution >= 0.6 is 0 Å². The number of carbonyl (C=O) groups is 1. The van der Waals surface area contributed by atoms with Crippen LogP contribution in [0.25, 0.3) is 22.0 Å². The minimum Gasteiger partial charge on any atom is -0.394 e. The molecule has 1 saturated carbocycles. The second kappa shape index (κ2) is 10.4. The largest absolute Gasteiger partial charge is 0.394 e. The van der Waals surface area contributed by atoms with Gasteiger partial charge in [-0.2, -0.15) is 0 Å². The average Bonchev–Trinajstić information content (AvgIpc) is 3.65. The summed E-state index contributed by atoms with van der Waals surface area (Å²) in [6, 6.07) is 16.2. The number of aliphatic hydroxyl groups is 1. The molecule has 1 N–H and O–H groups in total. The van der Waals surface area contributed by atoms with E-state index in [1.54, 1.807) is 0 Å². The molecule has 1 amide bonds. The lowest BCUT2D eigenvalue weighted by molar-refractivity contribution is -0.0236. The molecule has 6 heteroatoms. The highest BCUT2D eigenvalue weighted by Crippen LogP contribution is 2.38. The molecule has 0 radical (unpaired) electrons. The summed E-state index contributed by atoms with van der Waals surface area (Å²) in [5.41, 5.74) is 4.76. The topological polar surface area (TPSA) is 57.9 Å². The standard InChI is InChI=1S/C30H39N3O3/c1-20-15-33(21(2)18-34)30(35)29-28(25-11-7-8-12-26(25)32(29)4)24-10-6-5-9-23(24)19-36-27(20)17-31(3)16-22-13-14-22/h5-12,20-22,27,34H,13-19H2,1-4H3/t20-,21-,27+/m0/s1. The van der Waals surface area contributed by atoms with Crippen LogP contribution in [0.15, 0.2) is 48.5 Å². The van der Waals surface area contributed by atoms with E-state index in [4.69, 9.17) is 4.74 Å². The van der Waals surface area contributed by atoms with E-state index in [-0.39, 0.29) is 30.6 Å². The summed E-state index contributed by atoms with van der Waals surface area (Å²) in [4.78, 5) is 18.6. The molecular formula is C30H39N3O3. The number of carbonyl (C=O) groups excluding carboxylic acids is 1. The lowest BCUT2D eigenvalue weighted by Crippen LogP contribution is -2.47. The molecular weight excluding hydrogens is 450 g/mol. The van der Waals surface area contributed by atoms with Gasteiger partial charge in [0.25, 0.3) is 5.91 Å². The third kappa shape index (κ3) is 4.82. The maximum atomic E-state index is 14.3. The predicted molar refractivity (Wildman–Crippen MR) is 144 cm³/mol. The van der Waals surface area contributed by atoms with E-state index < -0.39 is 0 Å². The number of nitrogens with zero attached hydrogens (tertiary/aromatic N) is 3. The van der Waals surface area contributed by atoms with Crippen molar-refractivity contribution in [2.45, 2.75) is 45.4 Å². The van der Waals surface area contributed by atoms with Crippen LogP contribution in [0.4, 0.5) is 0 Å². The number of aromatic nitrogens is 1. The van der Waals surface area contributed by atoms with Crippen molar-refractivity contribution in [1.29, 1.82) is 0 Å².